The van der Waals surface area contributed by atoms with E-state index in [1.807, 2.05) is 44.3 Å². The predicted octanol–water partition coefficient (Wildman–Crippen LogP) is 5.08. The van der Waals surface area contributed by atoms with Gasteiger partial charge in [-0.3, -0.25) is 9.78 Å². The quantitative estimate of drug-likeness (QED) is 0.220. The molecule has 0 amide bonds. The molecule has 0 spiro atoms. The standard InChI is InChI=1S/C17H18BrN5O2.C9H11BrN4/c1-11(17(24)25-2)6-13-7-15(20-9-12-4-3-5-19-8-12)23-16(22-13)14(18)10-21-23;1-3-11-8-4-6(2)13-9-7(10)5-12-14(8)9/h3-5,7-8,10-11,20H,6,9H2,1-2H3;4-5,11H,3H2,1-2H3/t11-;/m1./s1. The van der Waals surface area contributed by atoms with Crippen LogP contribution in [-0.2, 0) is 22.5 Å². The van der Waals surface area contributed by atoms with Gasteiger partial charge in [0.1, 0.15) is 11.6 Å². The van der Waals surface area contributed by atoms with Gasteiger partial charge in [0.15, 0.2) is 11.3 Å². The smallest absolute Gasteiger partial charge is 0.308 e. The molecule has 0 unspecified atom stereocenters. The van der Waals surface area contributed by atoms with Crippen molar-refractivity contribution in [3.05, 3.63) is 74.9 Å². The zero-order valence-electron chi connectivity index (χ0n) is 22.0. The molecule has 0 aliphatic rings. The highest BCUT2D eigenvalue weighted by molar-refractivity contribution is 9.11. The summed E-state index contributed by atoms with van der Waals surface area (Å²) in [7, 11) is 1.39. The van der Waals surface area contributed by atoms with Gasteiger partial charge in [0.05, 0.1) is 34.4 Å². The fourth-order valence-corrected chi connectivity index (χ4v) is 4.57. The Morgan fingerprint density at radius 3 is 2.31 bits per heavy atom. The maximum atomic E-state index is 11.7. The normalized spacial score (nSPS) is 11.6. The summed E-state index contributed by atoms with van der Waals surface area (Å²) >= 11 is 6.88. The van der Waals surface area contributed by atoms with Crippen molar-refractivity contribution in [3.63, 3.8) is 0 Å². The number of anilines is 2. The fraction of sp³-hybridized carbons (Fsp3) is 0.308. The van der Waals surface area contributed by atoms with Gasteiger partial charge in [-0.1, -0.05) is 13.0 Å². The van der Waals surface area contributed by atoms with E-state index in [2.05, 4.69) is 74.6 Å². The van der Waals surface area contributed by atoms with Gasteiger partial charge in [0, 0.05) is 55.4 Å². The Bertz CT molecular complexity index is 1570. The first-order valence-corrected chi connectivity index (χ1v) is 13.9. The van der Waals surface area contributed by atoms with Gasteiger partial charge in [-0.2, -0.15) is 19.2 Å². The first-order chi connectivity index (χ1) is 18.8. The predicted molar refractivity (Wildman–Crippen MR) is 157 cm³/mol. The molecule has 0 aliphatic carbocycles. The van der Waals surface area contributed by atoms with Crippen LogP contribution in [0, 0.1) is 12.8 Å². The largest absolute Gasteiger partial charge is 0.469 e. The van der Waals surface area contributed by atoms with Gasteiger partial charge in [-0.15, -0.1) is 0 Å². The highest BCUT2D eigenvalue weighted by Gasteiger charge is 2.17. The lowest BCUT2D eigenvalue weighted by Gasteiger charge is -2.13. The number of methoxy groups -OCH3 is 1. The molecule has 13 heteroatoms. The average Bonchev–Trinajstić information content (AvgIpc) is 3.50. The average molecular weight is 659 g/mol. The number of carbonyl (C=O) groups is 1. The van der Waals surface area contributed by atoms with E-state index in [-0.39, 0.29) is 11.9 Å². The molecule has 5 aromatic rings. The lowest BCUT2D eigenvalue weighted by molar-refractivity contribution is -0.144. The highest BCUT2D eigenvalue weighted by atomic mass is 79.9. The summed E-state index contributed by atoms with van der Waals surface area (Å²) in [4.78, 5) is 24.8. The first-order valence-electron chi connectivity index (χ1n) is 12.3. The van der Waals surface area contributed by atoms with Crippen molar-refractivity contribution in [2.45, 2.75) is 33.7 Å². The Kier molecular flexibility index (Phi) is 9.46. The third kappa shape index (κ3) is 6.90. The van der Waals surface area contributed by atoms with Crippen molar-refractivity contribution in [1.29, 1.82) is 0 Å². The van der Waals surface area contributed by atoms with Crippen molar-refractivity contribution in [1.82, 2.24) is 34.2 Å². The highest BCUT2D eigenvalue weighted by Crippen LogP contribution is 2.23. The van der Waals surface area contributed by atoms with Gasteiger partial charge in [-0.25, -0.2) is 9.97 Å². The number of rotatable bonds is 8. The molecule has 0 saturated heterocycles. The summed E-state index contributed by atoms with van der Waals surface area (Å²) in [5.41, 5.74) is 4.38. The third-order valence-electron chi connectivity index (χ3n) is 5.71. The molecule has 5 aromatic heterocycles. The summed E-state index contributed by atoms with van der Waals surface area (Å²) in [6, 6.07) is 7.78. The number of nitrogens with one attached hydrogen (secondary N) is 2. The van der Waals surface area contributed by atoms with Crippen LogP contribution in [0.4, 0.5) is 11.6 Å². The molecule has 0 fully saturated rings. The molecular formula is C26H29Br2N9O2. The summed E-state index contributed by atoms with van der Waals surface area (Å²) in [5.74, 6) is 1.25. The number of aryl methyl sites for hydroxylation is 1. The summed E-state index contributed by atoms with van der Waals surface area (Å²) in [6.45, 7) is 7.33. The minimum atomic E-state index is -0.271. The van der Waals surface area contributed by atoms with E-state index in [1.165, 1.54) is 7.11 Å². The monoisotopic (exact) mass is 657 g/mol. The number of hydrogen-bond acceptors (Lipinski definition) is 9. The van der Waals surface area contributed by atoms with Crippen LogP contribution in [0.2, 0.25) is 0 Å². The Balaban J connectivity index is 0.000000212. The SMILES string of the molecule is CCNc1cc(C)nc2c(Br)cnn12.COC(=O)[C@H](C)Cc1cc(NCc2cccnc2)n2ncc(Br)c2n1. The van der Waals surface area contributed by atoms with Crippen LogP contribution in [0.5, 0.6) is 0 Å². The molecule has 1 atom stereocenters. The van der Waals surface area contributed by atoms with Crippen LogP contribution < -0.4 is 10.6 Å². The van der Waals surface area contributed by atoms with Crippen molar-refractivity contribution in [2.75, 3.05) is 24.3 Å². The molecule has 2 N–H and O–H groups in total. The number of halogens is 2. The number of nitrogens with zero attached hydrogens (tertiary/aromatic N) is 7. The van der Waals surface area contributed by atoms with Crippen LogP contribution in [0.15, 0.2) is 58.0 Å². The second kappa shape index (κ2) is 13.0. The molecule has 5 heterocycles. The fourth-order valence-electron chi connectivity index (χ4n) is 3.87. The van der Waals surface area contributed by atoms with Gasteiger partial charge in [0.25, 0.3) is 0 Å². The van der Waals surface area contributed by atoms with E-state index in [1.54, 1.807) is 27.6 Å². The van der Waals surface area contributed by atoms with E-state index in [9.17, 15) is 4.79 Å². The zero-order chi connectivity index (χ0) is 27.9. The Labute approximate surface area is 242 Å². The maximum absolute atomic E-state index is 11.7. The van der Waals surface area contributed by atoms with Crippen molar-refractivity contribution < 1.29 is 9.53 Å². The minimum Gasteiger partial charge on any atom is -0.469 e. The molecule has 0 aliphatic heterocycles. The molecule has 0 saturated carbocycles. The Hall–Kier alpha value is -3.58. The lowest BCUT2D eigenvalue weighted by atomic mass is 10.1. The van der Waals surface area contributed by atoms with Gasteiger partial charge in [0.2, 0.25) is 0 Å². The second-order valence-electron chi connectivity index (χ2n) is 8.74. The van der Waals surface area contributed by atoms with Crippen LogP contribution in [0.3, 0.4) is 0 Å². The summed E-state index contributed by atoms with van der Waals surface area (Å²) < 4.78 is 10.0. The van der Waals surface area contributed by atoms with Crippen LogP contribution in [0.1, 0.15) is 30.8 Å². The number of hydrogen-bond donors (Lipinski definition) is 2. The van der Waals surface area contributed by atoms with Crippen molar-refractivity contribution in [2.24, 2.45) is 5.92 Å². The summed E-state index contributed by atoms with van der Waals surface area (Å²) in [6.07, 6.45) is 7.49. The Morgan fingerprint density at radius 1 is 1.03 bits per heavy atom. The zero-order valence-corrected chi connectivity index (χ0v) is 25.2. The van der Waals surface area contributed by atoms with Crippen LogP contribution in [-0.4, -0.2) is 53.8 Å². The van der Waals surface area contributed by atoms with E-state index in [0.717, 1.165) is 49.7 Å². The third-order valence-corrected chi connectivity index (χ3v) is 6.83. The van der Waals surface area contributed by atoms with Gasteiger partial charge in [-0.05, 0) is 57.3 Å². The molecule has 0 aromatic carbocycles. The van der Waals surface area contributed by atoms with E-state index in [4.69, 9.17) is 4.74 Å². The van der Waals surface area contributed by atoms with E-state index >= 15 is 0 Å². The number of aromatic nitrogens is 7. The number of esters is 1. The number of ether oxygens (including phenoxy) is 1. The van der Waals surface area contributed by atoms with E-state index < -0.39 is 0 Å². The second-order valence-corrected chi connectivity index (χ2v) is 10.5. The molecule has 0 radical (unpaired) electrons. The maximum Gasteiger partial charge on any atom is 0.308 e. The number of fused-ring (bicyclic) bond motifs is 2. The Morgan fingerprint density at radius 2 is 1.69 bits per heavy atom. The van der Waals surface area contributed by atoms with Gasteiger partial charge >= 0.3 is 5.97 Å². The van der Waals surface area contributed by atoms with E-state index in [0.29, 0.717) is 18.6 Å². The molecule has 0 bridgehead atoms. The number of carbonyl (C=O) groups excluding carboxylic acids is 1. The van der Waals surface area contributed by atoms with Crippen molar-refractivity contribution in [3.8, 4) is 0 Å². The molecule has 204 valence electrons. The minimum absolute atomic E-state index is 0.251. The molecular weight excluding hydrogens is 630 g/mol. The molecule has 39 heavy (non-hydrogen) atoms. The first kappa shape index (κ1) is 28.4. The van der Waals surface area contributed by atoms with Crippen molar-refractivity contribution >= 4 is 60.8 Å². The lowest BCUT2D eigenvalue weighted by Crippen LogP contribution is -2.16. The summed E-state index contributed by atoms with van der Waals surface area (Å²) in [5, 5.41) is 15.2. The van der Waals surface area contributed by atoms with Gasteiger partial charge < -0.3 is 15.4 Å². The topological polar surface area (TPSA) is 124 Å². The number of pyridine rings is 1. The molecule has 11 nitrogen and oxygen atoms in total. The van der Waals surface area contributed by atoms with Crippen LogP contribution >= 0.6 is 31.9 Å². The van der Waals surface area contributed by atoms with Crippen LogP contribution in [0.25, 0.3) is 11.3 Å². The molecule has 5 rings (SSSR count).